The number of carbonyl (C=O) groups is 1. The third-order valence-corrected chi connectivity index (χ3v) is 9.24. The van der Waals surface area contributed by atoms with Crippen LogP contribution in [0.2, 0.25) is 10.0 Å². The number of halogens is 2. The van der Waals surface area contributed by atoms with E-state index in [0.29, 0.717) is 29.5 Å². The average molecular weight is 554 g/mol. The third kappa shape index (κ3) is 5.79. The van der Waals surface area contributed by atoms with Gasteiger partial charge in [0, 0.05) is 23.8 Å². The predicted molar refractivity (Wildman–Crippen MR) is 136 cm³/mol. The Labute approximate surface area is 214 Å². The van der Waals surface area contributed by atoms with Gasteiger partial charge in [0.05, 0.1) is 26.1 Å². The van der Waals surface area contributed by atoms with E-state index in [9.17, 15) is 21.6 Å². The van der Waals surface area contributed by atoms with Gasteiger partial charge < -0.3 is 5.32 Å². The van der Waals surface area contributed by atoms with Crippen LogP contribution in [0.5, 0.6) is 0 Å². The molecule has 1 aliphatic rings. The molecule has 3 aromatic carbocycles. The Morgan fingerprint density at radius 2 is 1.46 bits per heavy atom. The number of nitrogens with zero attached hydrogens (tertiary/aromatic N) is 1. The van der Waals surface area contributed by atoms with E-state index in [1.807, 2.05) is 0 Å². The fourth-order valence-electron chi connectivity index (χ4n) is 3.60. The van der Waals surface area contributed by atoms with Crippen molar-refractivity contribution in [1.82, 2.24) is 4.31 Å². The van der Waals surface area contributed by atoms with Crippen LogP contribution in [0, 0.1) is 0 Å². The van der Waals surface area contributed by atoms with Crippen molar-refractivity contribution < 1.29 is 21.6 Å². The van der Waals surface area contributed by atoms with Gasteiger partial charge in [-0.05, 0) is 73.5 Å². The molecule has 1 heterocycles. The Hall–Kier alpha value is -2.63. The number of amides is 1. The van der Waals surface area contributed by atoms with Gasteiger partial charge in [0.1, 0.15) is 0 Å². The first-order valence-corrected chi connectivity index (χ1v) is 14.2. The van der Waals surface area contributed by atoms with Crippen LogP contribution in [0.3, 0.4) is 0 Å². The van der Waals surface area contributed by atoms with Crippen molar-refractivity contribution in [2.75, 3.05) is 23.1 Å². The molecule has 0 aliphatic carbocycles. The normalized spacial score (nSPS) is 14.6. The number of rotatable bonds is 7. The number of nitrogens with one attached hydrogen (secondary N) is 2. The molecule has 2 N–H and O–H groups in total. The quantitative estimate of drug-likeness (QED) is 0.435. The van der Waals surface area contributed by atoms with E-state index in [0.717, 1.165) is 12.8 Å². The van der Waals surface area contributed by atoms with Gasteiger partial charge in [0.25, 0.3) is 15.9 Å². The molecule has 0 spiro atoms. The molecule has 8 nitrogen and oxygen atoms in total. The Bertz CT molecular complexity index is 1470. The molecule has 0 aromatic heterocycles. The minimum Gasteiger partial charge on any atom is -0.322 e. The van der Waals surface area contributed by atoms with Crippen molar-refractivity contribution in [2.45, 2.75) is 22.6 Å². The van der Waals surface area contributed by atoms with Crippen molar-refractivity contribution in [3.8, 4) is 0 Å². The lowest BCUT2D eigenvalue weighted by Gasteiger charge is -2.16. The fourth-order valence-corrected chi connectivity index (χ4v) is 6.59. The van der Waals surface area contributed by atoms with E-state index < -0.39 is 26.0 Å². The van der Waals surface area contributed by atoms with Gasteiger partial charge in [-0.1, -0.05) is 29.3 Å². The number of benzene rings is 3. The molecule has 0 atom stereocenters. The van der Waals surface area contributed by atoms with Crippen LogP contribution in [0.1, 0.15) is 23.2 Å². The summed E-state index contributed by atoms with van der Waals surface area (Å²) in [5.74, 6) is -0.624. The lowest BCUT2D eigenvalue weighted by molar-refractivity contribution is 0.102. The Balaban J connectivity index is 1.50. The van der Waals surface area contributed by atoms with Crippen molar-refractivity contribution in [3.05, 3.63) is 82.3 Å². The summed E-state index contributed by atoms with van der Waals surface area (Å²) in [6.45, 7) is 0.877. The maximum Gasteiger partial charge on any atom is 0.261 e. The average Bonchev–Trinajstić information content (AvgIpc) is 3.35. The van der Waals surface area contributed by atoms with Gasteiger partial charge in [-0.15, -0.1) is 0 Å². The highest BCUT2D eigenvalue weighted by Crippen LogP contribution is 2.26. The molecule has 0 unspecified atom stereocenters. The van der Waals surface area contributed by atoms with Gasteiger partial charge in [0.2, 0.25) is 10.0 Å². The van der Waals surface area contributed by atoms with Gasteiger partial charge in [-0.25, -0.2) is 16.8 Å². The summed E-state index contributed by atoms with van der Waals surface area (Å²) in [6, 6.07) is 15.8. The van der Waals surface area contributed by atoms with E-state index in [2.05, 4.69) is 10.0 Å². The van der Waals surface area contributed by atoms with E-state index in [1.54, 1.807) is 18.2 Å². The summed E-state index contributed by atoms with van der Waals surface area (Å²) >= 11 is 12.1. The van der Waals surface area contributed by atoms with Crippen LogP contribution >= 0.6 is 23.2 Å². The second-order valence-corrected chi connectivity index (χ2v) is 12.3. The van der Waals surface area contributed by atoms with Crippen LogP contribution in [0.15, 0.2) is 76.5 Å². The van der Waals surface area contributed by atoms with E-state index in [-0.39, 0.29) is 20.4 Å². The van der Waals surface area contributed by atoms with Crippen molar-refractivity contribution in [2.24, 2.45) is 0 Å². The van der Waals surface area contributed by atoms with Gasteiger partial charge in [-0.2, -0.15) is 4.31 Å². The molecule has 4 rings (SSSR count). The molecule has 12 heteroatoms. The first-order valence-electron chi connectivity index (χ1n) is 10.6. The van der Waals surface area contributed by atoms with Crippen molar-refractivity contribution in [3.63, 3.8) is 0 Å². The maximum atomic E-state index is 12.8. The predicted octanol–water partition coefficient (Wildman–Crippen LogP) is 4.83. The Morgan fingerprint density at radius 3 is 2.11 bits per heavy atom. The molecule has 0 saturated carbocycles. The minimum absolute atomic E-state index is 0.00809. The highest BCUT2D eigenvalue weighted by molar-refractivity contribution is 7.92. The molecular formula is C23H21Cl2N3O5S2. The fraction of sp³-hybridized carbons (Fsp3) is 0.174. The summed E-state index contributed by atoms with van der Waals surface area (Å²) in [7, 11) is -7.60. The number of hydrogen-bond acceptors (Lipinski definition) is 5. The number of hydrogen-bond donors (Lipinski definition) is 2. The molecule has 35 heavy (non-hydrogen) atoms. The van der Waals surface area contributed by atoms with Crippen LogP contribution in [0.4, 0.5) is 11.4 Å². The van der Waals surface area contributed by atoms with E-state index in [1.165, 1.54) is 52.8 Å². The Morgan fingerprint density at radius 1 is 0.800 bits per heavy atom. The van der Waals surface area contributed by atoms with E-state index >= 15 is 0 Å². The molecular weight excluding hydrogens is 533 g/mol. The summed E-state index contributed by atoms with van der Waals surface area (Å²) in [6.07, 6.45) is 1.58. The third-order valence-electron chi connectivity index (χ3n) is 5.38. The SMILES string of the molecule is O=C(Nc1ccc(S(=O)(=O)Nc2cccc(Cl)c2)cc1)c1cc(S(=O)(=O)N2CCCC2)ccc1Cl. The summed E-state index contributed by atoms with van der Waals surface area (Å²) in [5.41, 5.74) is 0.611. The molecule has 184 valence electrons. The molecule has 0 bridgehead atoms. The van der Waals surface area contributed by atoms with Gasteiger partial charge in [-0.3, -0.25) is 9.52 Å². The van der Waals surface area contributed by atoms with Crippen molar-refractivity contribution in [1.29, 1.82) is 0 Å². The number of anilines is 2. The molecule has 3 aromatic rings. The van der Waals surface area contributed by atoms with Crippen molar-refractivity contribution >= 4 is 60.5 Å². The zero-order valence-corrected chi connectivity index (χ0v) is 21.4. The van der Waals surface area contributed by atoms with Gasteiger partial charge in [0.15, 0.2) is 0 Å². The summed E-state index contributed by atoms with van der Waals surface area (Å²) in [4.78, 5) is 12.8. The number of sulfonamides is 2. The Kier molecular flexibility index (Phi) is 7.39. The summed E-state index contributed by atoms with van der Waals surface area (Å²) < 4.78 is 54.8. The monoisotopic (exact) mass is 553 g/mol. The molecule has 1 saturated heterocycles. The zero-order valence-electron chi connectivity index (χ0n) is 18.2. The van der Waals surface area contributed by atoms with Crippen LogP contribution in [-0.2, 0) is 20.0 Å². The summed E-state index contributed by atoms with van der Waals surface area (Å²) in [5, 5.41) is 3.10. The smallest absolute Gasteiger partial charge is 0.261 e. The lowest BCUT2D eigenvalue weighted by Crippen LogP contribution is -2.28. The maximum absolute atomic E-state index is 12.8. The molecule has 1 amide bonds. The van der Waals surface area contributed by atoms with Crippen LogP contribution in [0.25, 0.3) is 0 Å². The van der Waals surface area contributed by atoms with Crippen LogP contribution < -0.4 is 10.0 Å². The second kappa shape index (κ2) is 10.2. The molecule has 0 radical (unpaired) electrons. The highest BCUT2D eigenvalue weighted by Gasteiger charge is 2.28. The van der Waals surface area contributed by atoms with Crippen LogP contribution in [-0.4, -0.2) is 40.1 Å². The van der Waals surface area contributed by atoms with Gasteiger partial charge >= 0.3 is 0 Å². The lowest BCUT2D eigenvalue weighted by atomic mass is 10.2. The zero-order chi connectivity index (χ0) is 25.2. The minimum atomic E-state index is -3.88. The number of carbonyl (C=O) groups excluding carboxylic acids is 1. The largest absolute Gasteiger partial charge is 0.322 e. The second-order valence-electron chi connectivity index (χ2n) is 7.85. The van der Waals surface area contributed by atoms with E-state index in [4.69, 9.17) is 23.2 Å². The topological polar surface area (TPSA) is 113 Å². The standard InChI is InChI=1S/C23H21Cl2N3O5S2/c24-16-4-3-5-18(14-16)27-34(30,31)19-8-6-17(7-9-19)26-23(29)21-15-20(10-11-22(21)25)35(32,33)28-12-1-2-13-28/h3-11,14-15,27H,1-2,12-13H2,(H,26,29). The highest BCUT2D eigenvalue weighted by atomic mass is 35.5. The molecule has 1 aliphatic heterocycles. The first-order chi connectivity index (χ1) is 16.6. The molecule has 1 fully saturated rings. The first kappa shape index (κ1) is 25.5.